The van der Waals surface area contributed by atoms with Gasteiger partial charge in [-0.2, -0.15) is 0 Å². The summed E-state index contributed by atoms with van der Waals surface area (Å²) in [6, 6.07) is 7.57. The van der Waals surface area contributed by atoms with E-state index in [9.17, 15) is 4.79 Å². The molecular weight excluding hydrogens is 236 g/mol. The van der Waals surface area contributed by atoms with Gasteiger partial charge in [-0.05, 0) is 36.4 Å². The third-order valence-electron chi connectivity index (χ3n) is 4.29. The molecule has 1 saturated carbocycles. The minimum absolute atomic E-state index is 0.344. The molecular formula is C16H24N2O. The van der Waals surface area contributed by atoms with Gasteiger partial charge < -0.3 is 11.1 Å². The Kier molecular flexibility index (Phi) is 4.97. The Morgan fingerprint density at radius 2 is 2.05 bits per heavy atom. The van der Waals surface area contributed by atoms with Crippen LogP contribution in [0.25, 0.3) is 0 Å². The minimum Gasteiger partial charge on any atom is -0.366 e. The van der Waals surface area contributed by atoms with E-state index in [1.165, 1.54) is 25.7 Å². The van der Waals surface area contributed by atoms with E-state index in [0.29, 0.717) is 5.56 Å². The zero-order chi connectivity index (χ0) is 13.7. The molecule has 0 spiro atoms. The Bertz CT molecular complexity index is 431. The molecule has 2 atom stereocenters. The van der Waals surface area contributed by atoms with Crippen LogP contribution in [0.15, 0.2) is 24.3 Å². The van der Waals surface area contributed by atoms with Crippen LogP contribution in [-0.4, -0.2) is 12.5 Å². The van der Waals surface area contributed by atoms with Crippen molar-refractivity contribution in [1.82, 2.24) is 5.32 Å². The molecule has 0 heterocycles. The highest BCUT2D eigenvalue weighted by Gasteiger charge is 2.20. The van der Waals surface area contributed by atoms with Gasteiger partial charge in [-0.3, -0.25) is 4.79 Å². The first kappa shape index (κ1) is 14.1. The number of amides is 1. The first-order valence-corrected chi connectivity index (χ1v) is 7.27. The van der Waals surface area contributed by atoms with Crippen molar-refractivity contribution in [3.05, 3.63) is 35.4 Å². The Balaban J connectivity index is 1.87. The molecule has 1 aliphatic rings. The second kappa shape index (κ2) is 6.71. The molecule has 3 heteroatoms. The fraction of sp³-hybridized carbons (Fsp3) is 0.562. The highest BCUT2D eigenvalue weighted by atomic mass is 16.1. The SMILES string of the molecule is CC1CCCCC1CNCc1ccccc1C(N)=O. The summed E-state index contributed by atoms with van der Waals surface area (Å²) in [6.45, 7) is 4.11. The molecule has 0 aromatic heterocycles. The lowest BCUT2D eigenvalue weighted by Gasteiger charge is -2.29. The van der Waals surface area contributed by atoms with Crippen LogP contribution >= 0.6 is 0 Å². The topological polar surface area (TPSA) is 55.1 Å². The van der Waals surface area contributed by atoms with Gasteiger partial charge in [-0.25, -0.2) is 0 Å². The summed E-state index contributed by atoms with van der Waals surface area (Å²) >= 11 is 0. The van der Waals surface area contributed by atoms with E-state index in [2.05, 4.69) is 12.2 Å². The fourth-order valence-electron chi connectivity index (χ4n) is 3.00. The minimum atomic E-state index is -0.344. The summed E-state index contributed by atoms with van der Waals surface area (Å²) in [7, 11) is 0. The molecule has 1 aliphatic carbocycles. The van der Waals surface area contributed by atoms with E-state index in [1.54, 1.807) is 6.07 Å². The van der Waals surface area contributed by atoms with Crippen LogP contribution in [0.2, 0.25) is 0 Å². The van der Waals surface area contributed by atoms with Crippen LogP contribution in [0, 0.1) is 11.8 Å². The molecule has 19 heavy (non-hydrogen) atoms. The molecule has 3 nitrogen and oxygen atoms in total. The summed E-state index contributed by atoms with van der Waals surface area (Å²) in [5.74, 6) is 1.24. The maximum Gasteiger partial charge on any atom is 0.249 e. The molecule has 3 N–H and O–H groups in total. The van der Waals surface area contributed by atoms with E-state index in [0.717, 1.165) is 30.5 Å². The molecule has 0 saturated heterocycles. The molecule has 2 unspecified atom stereocenters. The van der Waals surface area contributed by atoms with Crippen LogP contribution in [-0.2, 0) is 6.54 Å². The summed E-state index contributed by atoms with van der Waals surface area (Å²) in [5, 5.41) is 3.49. The maximum atomic E-state index is 11.3. The molecule has 1 amide bonds. The molecule has 1 fully saturated rings. The van der Waals surface area contributed by atoms with Gasteiger partial charge >= 0.3 is 0 Å². The van der Waals surface area contributed by atoms with E-state index in [-0.39, 0.29) is 5.91 Å². The van der Waals surface area contributed by atoms with Crippen molar-refractivity contribution < 1.29 is 4.79 Å². The zero-order valence-electron chi connectivity index (χ0n) is 11.7. The first-order valence-electron chi connectivity index (χ1n) is 7.27. The number of rotatable bonds is 5. The average Bonchev–Trinajstić information content (AvgIpc) is 2.41. The third-order valence-corrected chi connectivity index (χ3v) is 4.29. The molecule has 0 aliphatic heterocycles. The van der Waals surface area contributed by atoms with Crippen molar-refractivity contribution in [3.8, 4) is 0 Å². The number of carbonyl (C=O) groups excluding carboxylic acids is 1. The lowest BCUT2D eigenvalue weighted by atomic mass is 9.80. The largest absolute Gasteiger partial charge is 0.366 e. The summed E-state index contributed by atoms with van der Waals surface area (Å²) in [6.07, 6.45) is 5.41. The molecule has 1 aromatic carbocycles. The third kappa shape index (κ3) is 3.80. The van der Waals surface area contributed by atoms with E-state index in [4.69, 9.17) is 5.73 Å². The number of benzene rings is 1. The molecule has 2 rings (SSSR count). The van der Waals surface area contributed by atoms with Crippen molar-refractivity contribution >= 4 is 5.91 Å². The van der Waals surface area contributed by atoms with Crippen LogP contribution in [0.1, 0.15) is 48.5 Å². The van der Waals surface area contributed by atoms with E-state index < -0.39 is 0 Å². The summed E-state index contributed by atoms with van der Waals surface area (Å²) in [4.78, 5) is 11.3. The number of nitrogens with one attached hydrogen (secondary N) is 1. The van der Waals surface area contributed by atoms with Gasteiger partial charge in [0.05, 0.1) is 0 Å². The zero-order valence-corrected chi connectivity index (χ0v) is 11.7. The van der Waals surface area contributed by atoms with Crippen molar-refractivity contribution in [1.29, 1.82) is 0 Å². The average molecular weight is 260 g/mol. The first-order chi connectivity index (χ1) is 9.18. The Labute approximate surface area is 115 Å². The predicted octanol–water partition coefficient (Wildman–Crippen LogP) is 2.70. The van der Waals surface area contributed by atoms with Gasteiger partial charge in [0.15, 0.2) is 0 Å². The van der Waals surface area contributed by atoms with Crippen LogP contribution in [0.4, 0.5) is 0 Å². The molecule has 0 bridgehead atoms. The van der Waals surface area contributed by atoms with Crippen LogP contribution in [0.3, 0.4) is 0 Å². The second-order valence-corrected chi connectivity index (χ2v) is 5.67. The van der Waals surface area contributed by atoms with Gasteiger partial charge in [-0.15, -0.1) is 0 Å². The van der Waals surface area contributed by atoms with Gasteiger partial charge in [0.1, 0.15) is 0 Å². The number of nitrogens with two attached hydrogens (primary N) is 1. The Morgan fingerprint density at radius 1 is 1.32 bits per heavy atom. The molecule has 1 aromatic rings. The van der Waals surface area contributed by atoms with E-state index >= 15 is 0 Å². The Hall–Kier alpha value is -1.35. The van der Waals surface area contributed by atoms with Gasteiger partial charge in [0.25, 0.3) is 0 Å². The lowest BCUT2D eigenvalue weighted by Crippen LogP contribution is -2.29. The second-order valence-electron chi connectivity index (χ2n) is 5.67. The summed E-state index contributed by atoms with van der Waals surface area (Å²) in [5.41, 5.74) is 7.01. The molecule has 0 radical (unpaired) electrons. The Morgan fingerprint density at radius 3 is 2.79 bits per heavy atom. The van der Waals surface area contributed by atoms with Crippen molar-refractivity contribution in [3.63, 3.8) is 0 Å². The van der Waals surface area contributed by atoms with Gasteiger partial charge in [0.2, 0.25) is 5.91 Å². The highest BCUT2D eigenvalue weighted by Crippen LogP contribution is 2.28. The number of hydrogen-bond acceptors (Lipinski definition) is 2. The van der Waals surface area contributed by atoms with Crippen molar-refractivity contribution in [2.45, 2.75) is 39.2 Å². The lowest BCUT2D eigenvalue weighted by molar-refractivity contribution is 0.0999. The van der Waals surface area contributed by atoms with Crippen LogP contribution in [0.5, 0.6) is 0 Å². The standard InChI is InChI=1S/C16H24N2O/c1-12-6-2-3-7-13(12)10-18-11-14-8-4-5-9-15(14)16(17)19/h4-5,8-9,12-13,18H,2-3,6-7,10-11H2,1H3,(H2,17,19). The van der Waals surface area contributed by atoms with Crippen molar-refractivity contribution in [2.24, 2.45) is 17.6 Å². The number of hydrogen-bond donors (Lipinski definition) is 2. The maximum absolute atomic E-state index is 11.3. The highest BCUT2D eigenvalue weighted by molar-refractivity contribution is 5.94. The smallest absolute Gasteiger partial charge is 0.249 e. The quantitative estimate of drug-likeness (QED) is 0.855. The number of carbonyl (C=O) groups is 1. The van der Waals surface area contributed by atoms with Crippen molar-refractivity contribution in [2.75, 3.05) is 6.54 Å². The summed E-state index contributed by atoms with van der Waals surface area (Å²) < 4.78 is 0. The van der Waals surface area contributed by atoms with Gasteiger partial charge in [-0.1, -0.05) is 44.4 Å². The predicted molar refractivity (Wildman–Crippen MR) is 77.8 cm³/mol. The normalized spacial score (nSPS) is 23.2. The number of primary amides is 1. The molecule has 104 valence electrons. The van der Waals surface area contributed by atoms with Crippen LogP contribution < -0.4 is 11.1 Å². The van der Waals surface area contributed by atoms with Gasteiger partial charge in [0, 0.05) is 12.1 Å². The monoisotopic (exact) mass is 260 g/mol. The fourth-order valence-corrected chi connectivity index (χ4v) is 3.00. The van der Waals surface area contributed by atoms with E-state index in [1.807, 2.05) is 18.2 Å².